The zero-order chi connectivity index (χ0) is 20.9. The molecule has 1 aromatic carbocycles. The maximum Gasteiger partial charge on any atom is 0.303 e. The summed E-state index contributed by atoms with van der Waals surface area (Å²) < 4.78 is 12.0. The van der Waals surface area contributed by atoms with Gasteiger partial charge in [0.15, 0.2) is 0 Å². The molecule has 4 N–H and O–H groups in total. The average Bonchev–Trinajstić information content (AvgIpc) is 3.19. The molecule has 0 spiro atoms. The summed E-state index contributed by atoms with van der Waals surface area (Å²) in [6.45, 7) is 0.472. The number of benzene rings is 1. The molecular weight excluding hydrogens is 390 g/mol. The van der Waals surface area contributed by atoms with Crippen LogP contribution in [0.3, 0.4) is 0 Å². The summed E-state index contributed by atoms with van der Waals surface area (Å²) in [7, 11) is -2.26. The largest absolute Gasteiger partial charge is 0.481 e. The molecule has 0 aliphatic rings. The minimum Gasteiger partial charge on any atom is -0.481 e. The zero-order valence-electron chi connectivity index (χ0n) is 16.0. The summed E-state index contributed by atoms with van der Waals surface area (Å²) in [4.78, 5) is 23.4. The smallest absolute Gasteiger partial charge is 0.303 e. The third kappa shape index (κ3) is 5.58. The molecule has 0 radical (unpaired) electrons. The second kappa shape index (κ2) is 8.78. The van der Waals surface area contributed by atoms with Gasteiger partial charge in [-0.1, -0.05) is 0 Å². The first kappa shape index (κ1) is 20.4. The van der Waals surface area contributed by atoms with E-state index in [9.17, 15) is 9.00 Å². The first-order chi connectivity index (χ1) is 13.8. The van der Waals surface area contributed by atoms with Crippen LogP contribution in [0.1, 0.15) is 12.8 Å². The predicted molar refractivity (Wildman–Crippen MR) is 116 cm³/mol. The van der Waals surface area contributed by atoms with E-state index < -0.39 is 15.5 Å². The number of anilines is 3. The van der Waals surface area contributed by atoms with Crippen molar-refractivity contribution in [1.82, 2.24) is 15.0 Å². The molecule has 0 aliphatic carbocycles. The lowest BCUT2D eigenvalue weighted by Crippen LogP contribution is -2.09. The van der Waals surface area contributed by atoms with Gasteiger partial charge in [-0.05, 0) is 58.2 Å². The van der Waals surface area contributed by atoms with E-state index in [4.69, 9.17) is 5.11 Å². The van der Waals surface area contributed by atoms with Crippen LogP contribution in [0.4, 0.5) is 17.5 Å². The van der Waals surface area contributed by atoms with E-state index in [-0.39, 0.29) is 6.42 Å². The Morgan fingerprint density at radius 3 is 2.66 bits per heavy atom. The monoisotopic (exact) mass is 413 g/mol. The highest BCUT2D eigenvalue weighted by molar-refractivity contribution is 7.99. The second-order valence-electron chi connectivity index (χ2n) is 6.62. The van der Waals surface area contributed by atoms with Crippen LogP contribution in [-0.2, 0) is 14.3 Å². The van der Waals surface area contributed by atoms with Gasteiger partial charge < -0.3 is 20.7 Å². The van der Waals surface area contributed by atoms with E-state index >= 15 is 0 Å². The van der Waals surface area contributed by atoms with Crippen molar-refractivity contribution in [1.29, 1.82) is 0 Å². The van der Waals surface area contributed by atoms with Gasteiger partial charge in [-0.25, -0.2) is 4.98 Å². The van der Waals surface area contributed by atoms with Gasteiger partial charge in [0, 0.05) is 42.2 Å². The van der Waals surface area contributed by atoms with Crippen LogP contribution in [0.5, 0.6) is 0 Å². The van der Waals surface area contributed by atoms with E-state index in [0.717, 1.165) is 16.9 Å². The molecule has 2 heterocycles. The Balaban J connectivity index is 1.80. The number of aliphatic carboxylic acids is 1. The lowest BCUT2D eigenvalue weighted by Gasteiger charge is -2.12. The molecule has 3 rings (SSSR count). The quantitative estimate of drug-likeness (QED) is 0.314. The molecule has 1 atom stereocenters. The average molecular weight is 414 g/mol. The fourth-order valence-electron chi connectivity index (χ4n) is 2.67. The minimum absolute atomic E-state index is 0.0836. The molecule has 0 bridgehead atoms. The summed E-state index contributed by atoms with van der Waals surface area (Å²) in [5.74, 6) is 3.84. The zero-order valence-corrected chi connectivity index (χ0v) is 16.8. The maximum absolute atomic E-state index is 12.0. The van der Waals surface area contributed by atoms with Gasteiger partial charge in [0.25, 0.3) is 0 Å². The summed E-state index contributed by atoms with van der Waals surface area (Å²) in [5, 5.41) is 15.1. The van der Waals surface area contributed by atoms with Gasteiger partial charge >= 0.3 is 5.97 Å². The van der Waals surface area contributed by atoms with Crippen molar-refractivity contribution < 1.29 is 14.1 Å². The molecular formula is C20H23N5O3S. The van der Waals surface area contributed by atoms with Crippen LogP contribution in [0.25, 0.3) is 11.3 Å². The SMILES string of the molecule is C=S(C)(=O)c1ccc(Nc2ncc(-c3ccc[nH]3)c(NCCCC(=O)O)n2)cc1. The molecule has 2 aromatic heterocycles. The number of carboxylic acid groups (broad SMARTS) is 1. The van der Waals surface area contributed by atoms with Crippen LogP contribution in [0.2, 0.25) is 0 Å². The second-order valence-corrected chi connectivity index (χ2v) is 9.10. The van der Waals surface area contributed by atoms with E-state index in [1.165, 1.54) is 0 Å². The molecule has 0 saturated carbocycles. The number of H-pyrrole nitrogens is 1. The number of nitrogens with zero attached hydrogens (tertiary/aromatic N) is 2. The Kier molecular flexibility index (Phi) is 6.18. The Labute approximate surface area is 169 Å². The first-order valence-electron chi connectivity index (χ1n) is 8.99. The molecule has 8 nitrogen and oxygen atoms in total. The van der Waals surface area contributed by atoms with Crippen LogP contribution in [-0.4, -0.2) is 48.9 Å². The van der Waals surface area contributed by atoms with Crippen molar-refractivity contribution in [3.63, 3.8) is 0 Å². The van der Waals surface area contributed by atoms with Gasteiger partial charge in [-0.15, -0.1) is 0 Å². The number of aromatic nitrogens is 3. The van der Waals surface area contributed by atoms with Crippen molar-refractivity contribution >= 4 is 38.8 Å². The van der Waals surface area contributed by atoms with E-state index in [0.29, 0.717) is 29.6 Å². The highest BCUT2D eigenvalue weighted by Crippen LogP contribution is 2.26. The molecule has 0 aliphatic heterocycles. The molecule has 152 valence electrons. The van der Waals surface area contributed by atoms with Gasteiger partial charge in [0.2, 0.25) is 5.95 Å². The number of hydrogen-bond donors (Lipinski definition) is 4. The molecule has 3 aromatic rings. The predicted octanol–water partition coefficient (Wildman–Crippen LogP) is 3.20. The van der Waals surface area contributed by atoms with E-state index in [2.05, 4.69) is 31.5 Å². The van der Waals surface area contributed by atoms with Crippen molar-refractivity contribution in [3.8, 4) is 11.3 Å². The standard InChI is InChI=1S/C20H23N5O3S/c1-29(2,28)15-9-7-14(8-10-15)24-20-23-13-16(17-5-3-11-21-17)19(25-20)22-12-4-6-18(26)27/h3,5,7-11,13,21H,1,4,6,12H2,2H3,(H,26,27)(H2,22,23,24,25). The van der Waals surface area contributed by atoms with Crippen molar-refractivity contribution in [3.05, 3.63) is 48.8 Å². The molecule has 1 unspecified atom stereocenters. The Bertz CT molecular complexity index is 1080. The fourth-order valence-corrected chi connectivity index (χ4v) is 3.39. The number of carboxylic acids is 1. The van der Waals surface area contributed by atoms with Gasteiger partial charge in [0.1, 0.15) is 5.82 Å². The Morgan fingerprint density at radius 1 is 1.28 bits per heavy atom. The third-order valence-electron chi connectivity index (χ3n) is 4.15. The van der Waals surface area contributed by atoms with Crippen LogP contribution in [0.15, 0.2) is 53.7 Å². The Hall–Kier alpha value is -3.33. The first-order valence-corrected chi connectivity index (χ1v) is 11.1. The van der Waals surface area contributed by atoms with Crippen molar-refractivity contribution in [2.75, 3.05) is 23.4 Å². The van der Waals surface area contributed by atoms with Crippen molar-refractivity contribution in [2.24, 2.45) is 0 Å². The summed E-state index contributed by atoms with van der Waals surface area (Å²) in [6.07, 6.45) is 5.67. The van der Waals surface area contributed by atoms with Gasteiger partial charge in [-0.3, -0.25) is 9.00 Å². The molecule has 0 fully saturated rings. The number of rotatable bonds is 9. The topological polar surface area (TPSA) is 120 Å². The van der Waals surface area contributed by atoms with E-state index in [1.54, 1.807) is 36.7 Å². The fraction of sp³-hybridized carbons (Fsp3) is 0.200. The molecule has 29 heavy (non-hydrogen) atoms. The van der Waals surface area contributed by atoms with Gasteiger partial charge in [-0.2, -0.15) is 4.98 Å². The van der Waals surface area contributed by atoms with Crippen LogP contribution >= 0.6 is 0 Å². The minimum atomic E-state index is -2.26. The number of carbonyl (C=O) groups is 1. The van der Waals surface area contributed by atoms with E-state index in [1.807, 2.05) is 18.3 Å². The summed E-state index contributed by atoms with van der Waals surface area (Å²) in [5.41, 5.74) is 2.39. The van der Waals surface area contributed by atoms with Crippen LogP contribution < -0.4 is 10.6 Å². The van der Waals surface area contributed by atoms with Crippen molar-refractivity contribution in [2.45, 2.75) is 17.7 Å². The maximum atomic E-state index is 12.0. The summed E-state index contributed by atoms with van der Waals surface area (Å²) >= 11 is 0. The number of aromatic amines is 1. The molecule has 0 saturated heterocycles. The lowest BCUT2D eigenvalue weighted by atomic mass is 10.2. The van der Waals surface area contributed by atoms with Gasteiger partial charge in [0.05, 0.1) is 11.3 Å². The normalized spacial score (nSPS) is 12.9. The summed E-state index contributed by atoms with van der Waals surface area (Å²) in [6, 6.07) is 10.9. The Morgan fingerprint density at radius 2 is 2.03 bits per heavy atom. The third-order valence-corrected chi connectivity index (χ3v) is 5.42. The molecule has 0 amide bonds. The highest BCUT2D eigenvalue weighted by Gasteiger charge is 2.11. The number of hydrogen-bond acceptors (Lipinski definition) is 6. The highest BCUT2D eigenvalue weighted by atomic mass is 32.2. The number of nitrogens with one attached hydrogen (secondary N) is 3. The molecule has 9 heteroatoms. The van der Waals surface area contributed by atoms with Crippen LogP contribution in [0, 0.1) is 0 Å². The lowest BCUT2D eigenvalue weighted by molar-refractivity contribution is -0.137.